The molecule has 1 heterocycles. The number of nitrogens with zero attached hydrogens (tertiary/aromatic N) is 3. The van der Waals surface area contributed by atoms with Crippen LogP contribution in [0.25, 0.3) is 0 Å². The molecule has 0 bridgehead atoms. The van der Waals surface area contributed by atoms with Crippen molar-refractivity contribution in [2.24, 2.45) is 4.99 Å². The first kappa shape index (κ1) is 20.5. The summed E-state index contributed by atoms with van der Waals surface area (Å²) in [5.41, 5.74) is 1.00. The van der Waals surface area contributed by atoms with Gasteiger partial charge in [0.05, 0.1) is 7.11 Å². The molecule has 2 N–H and O–H groups in total. The molecule has 0 aliphatic carbocycles. The highest BCUT2D eigenvalue weighted by molar-refractivity contribution is 5.85. The highest BCUT2D eigenvalue weighted by Crippen LogP contribution is 2.10. The first-order valence-electron chi connectivity index (χ1n) is 9.22. The molecule has 0 atom stereocenters. The molecule has 27 heavy (non-hydrogen) atoms. The summed E-state index contributed by atoms with van der Waals surface area (Å²) in [5.74, 6) is 1.45. The van der Waals surface area contributed by atoms with E-state index in [-0.39, 0.29) is 18.4 Å². The maximum absolute atomic E-state index is 12.1. The number of aliphatic imine (C=N–C) groups is 1. The Kier molecular flexibility index (Phi) is 7.91. The second-order valence-electron chi connectivity index (χ2n) is 6.29. The molecular formula is C19H29N5O3. The fraction of sp³-hybridized carbons (Fsp3) is 0.526. The van der Waals surface area contributed by atoms with E-state index in [0.717, 1.165) is 17.9 Å². The molecular weight excluding hydrogens is 346 g/mol. The highest BCUT2D eigenvalue weighted by Gasteiger charge is 2.21. The first-order chi connectivity index (χ1) is 13.0. The Morgan fingerprint density at radius 1 is 1.07 bits per heavy atom. The summed E-state index contributed by atoms with van der Waals surface area (Å²) in [6.07, 6.45) is 0. The predicted octanol–water partition coefficient (Wildman–Crippen LogP) is 0.441. The summed E-state index contributed by atoms with van der Waals surface area (Å²) in [5, 5.41) is 6.09. The van der Waals surface area contributed by atoms with Crippen LogP contribution in [0, 0.1) is 0 Å². The Balaban J connectivity index is 1.84. The number of ether oxygens (including phenoxy) is 1. The van der Waals surface area contributed by atoms with Crippen molar-refractivity contribution in [1.29, 1.82) is 0 Å². The van der Waals surface area contributed by atoms with Crippen LogP contribution in [0.1, 0.15) is 19.4 Å². The fourth-order valence-corrected chi connectivity index (χ4v) is 2.81. The van der Waals surface area contributed by atoms with Gasteiger partial charge in [-0.3, -0.25) is 9.59 Å². The van der Waals surface area contributed by atoms with Gasteiger partial charge in [-0.25, -0.2) is 4.99 Å². The van der Waals surface area contributed by atoms with Crippen LogP contribution in [-0.2, 0) is 16.1 Å². The number of guanidine groups is 1. The van der Waals surface area contributed by atoms with E-state index < -0.39 is 0 Å². The quantitative estimate of drug-likeness (QED) is 0.557. The van der Waals surface area contributed by atoms with Crippen molar-refractivity contribution >= 4 is 17.8 Å². The van der Waals surface area contributed by atoms with Gasteiger partial charge in [0.15, 0.2) is 5.96 Å². The van der Waals surface area contributed by atoms with Gasteiger partial charge < -0.3 is 25.2 Å². The largest absolute Gasteiger partial charge is 0.497 e. The molecule has 8 heteroatoms. The van der Waals surface area contributed by atoms with Crippen LogP contribution in [0.3, 0.4) is 0 Å². The smallest absolute Gasteiger partial charge is 0.242 e. The molecule has 2 rings (SSSR count). The van der Waals surface area contributed by atoms with Crippen LogP contribution in [-0.4, -0.2) is 74.0 Å². The summed E-state index contributed by atoms with van der Waals surface area (Å²) in [4.78, 5) is 31.9. The van der Waals surface area contributed by atoms with Gasteiger partial charge in [-0.15, -0.1) is 0 Å². The van der Waals surface area contributed by atoms with E-state index in [2.05, 4.69) is 20.5 Å². The molecule has 0 spiro atoms. The number of rotatable bonds is 6. The lowest BCUT2D eigenvalue weighted by molar-refractivity contribution is -0.130. The predicted molar refractivity (Wildman–Crippen MR) is 105 cm³/mol. The number of hydrogen-bond acceptors (Lipinski definition) is 4. The number of carbonyl (C=O) groups excluding carboxylic acids is 2. The van der Waals surface area contributed by atoms with Crippen molar-refractivity contribution in [3.05, 3.63) is 29.8 Å². The van der Waals surface area contributed by atoms with E-state index in [1.165, 1.54) is 0 Å². The average molecular weight is 375 g/mol. The van der Waals surface area contributed by atoms with Gasteiger partial charge >= 0.3 is 0 Å². The Morgan fingerprint density at radius 3 is 2.26 bits per heavy atom. The molecule has 1 aromatic carbocycles. The van der Waals surface area contributed by atoms with Crippen molar-refractivity contribution in [2.45, 2.75) is 20.4 Å². The van der Waals surface area contributed by atoms with Crippen molar-refractivity contribution < 1.29 is 14.3 Å². The van der Waals surface area contributed by atoms with E-state index >= 15 is 0 Å². The SMILES string of the molecule is CCNC(=NCC(=O)NCc1ccc(OC)cc1)N1CCN(C(C)=O)CC1. The number of nitrogens with one attached hydrogen (secondary N) is 2. The Morgan fingerprint density at radius 2 is 1.70 bits per heavy atom. The minimum atomic E-state index is -0.136. The van der Waals surface area contributed by atoms with Crippen molar-refractivity contribution in [2.75, 3.05) is 46.4 Å². The number of hydrogen-bond donors (Lipinski definition) is 2. The van der Waals surface area contributed by atoms with Crippen LogP contribution in [0.5, 0.6) is 5.75 Å². The summed E-state index contributed by atoms with van der Waals surface area (Å²) >= 11 is 0. The summed E-state index contributed by atoms with van der Waals surface area (Å²) in [6.45, 7) is 7.56. The zero-order chi connectivity index (χ0) is 19.6. The van der Waals surface area contributed by atoms with Crippen LogP contribution in [0.4, 0.5) is 0 Å². The molecule has 0 saturated carbocycles. The summed E-state index contributed by atoms with van der Waals surface area (Å²) < 4.78 is 5.12. The minimum absolute atomic E-state index is 0.0609. The lowest BCUT2D eigenvalue weighted by Crippen LogP contribution is -2.53. The zero-order valence-electron chi connectivity index (χ0n) is 16.3. The van der Waals surface area contributed by atoms with Gasteiger partial charge in [0.25, 0.3) is 0 Å². The monoisotopic (exact) mass is 375 g/mol. The third-order valence-electron chi connectivity index (χ3n) is 4.38. The molecule has 1 aliphatic rings. The summed E-state index contributed by atoms with van der Waals surface area (Å²) in [6, 6.07) is 7.56. The second kappa shape index (κ2) is 10.4. The Bertz CT molecular complexity index is 652. The standard InChI is InChI=1S/C19H29N5O3/c1-4-20-19(24-11-9-23(10-12-24)15(2)25)22-14-18(26)21-13-16-5-7-17(27-3)8-6-16/h5-8H,4,9-14H2,1-3H3,(H,20,22)(H,21,26). The molecule has 1 saturated heterocycles. The van der Waals surface area contributed by atoms with Crippen molar-refractivity contribution in [3.63, 3.8) is 0 Å². The number of carbonyl (C=O) groups is 2. The third kappa shape index (κ3) is 6.47. The van der Waals surface area contributed by atoms with E-state index in [1.54, 1.807) is 14.0 Å². The van der Waals surface area contributed by atoms with Gasteiger partial charge in [-0.2, -0.15) is 0 Å². The molecule has 8 nitrogen and oxygen atoms in total. The second-order valence-corrected chi connectivity index (χ2v) is 6.29. The van der Waals surface area contributed by atoms with Gasteiger partial charge in [-0.1, -0.05) is 12.1 Å². The van der Waals surface area contributed by atoms with Crippen molar-refractivity contribution in [3.8, 4) is 5.75 Å². The molecule has 148 valence electrons. The van der Waals surface area contributed by atoms with Gasteiger partial charge in [0.2, 0.25) is 11.8 Å². The van der Waals surface area contributed by atoms with Crippen LogP contribution in [0.15, 0.2) is 29.3 Å². The van der Waals surface area contributed by atoms with Crippen LogP contribution < -0.4 is 15.4 Å². The number of piperazine rings is 1. The molecule has 1 aliphatic heterocycles. The van der Waals surface area contributed by atoms with Crippen LogP contribution in [0.2, 0.25) is 0 Å². The molecule has 1 fully saturated rings. The minimum Gasteiger partial charge on any atom is -0.497 e. The third-order valence-corrected chi connectivity index (χ3v) is 4.38. The van der Waals surface area contributed by atoms with E-state index in [9.17, 15) is 9.59 Å². The lowest BCUT2D eigenvalue weighted by Gasteiger charge is -2.36. The number of amides is 2. The number of methoxy groups -OCH3 is 1. The molecule has 0 unspecified atom stereocenters. The van der Waals surface area contributed by atoms with Crippen molar-refractivity contribution in [1.82, 2.24) is 20.4 Å². The summed E-state index contributed by atoms with van der Waals surface area (Å²) in [7, 11) is 1.62. The highest BCUT2D eigenvalue weighted by atomic mass is 16.5. The normalized spacial score (nSPS) is 14.7. The fourth-order valence-electron chi connectivity index (χ4n) is 2.81. The molecule has 2 amide bonds. The maximum atomic E-state index is 12.1. The zero-order valence-corrected chi connectivity index (χ0v) is 16.3. The lowest BCUT2D eigenvalue weighted by atomic mass is 10.2. The average Bonchev–Trinajstić information content (AvgIpc) is 2.70. The molecule has 1 aromatic rings. The number of benzene rings is 1. The van der Waals surface area contributed by atoms with E-state index in [4.69, 9.17) is 4.74 Å². The maximum Gasteiger partial charge on any atom is 0.242 e. The van der Waals surface area contributed by atoms with Gasteiger partial charge in [-0.05, 0) is 24.6 Å². The van der Waals surface area contributed by atoms with Gasteiger partial charge in [0, 0.05) is 46.2 Å². The first-order valence-corrected chi connectivity index (χ1v) is 9.22. The van der Waals surface area contributed by atoms with Crippen LogP contribution >= 0.6 is 0 Å². The van der Waals surface area contributed by atoms with E-state index in [0.29, 0.717) is 38.7 Å². The Labute approximate surface area is 160 Å². The molecule has 0 radical (unpaired) electrons. The van der Waals surface area contributed by atoms with Gasteiger partial charge in [0.1, 0.15) is 12.3 Å². The topological polar surface area (TPSA) is 86.3 Å². The van der Waals surface area contributed by atoms with E-state index in [1.807, 2.05) is 36.1 Å². The molecule has 0 aromatic heterocycles. The Hall–Kier alpha value is -2.77.